The van der Waals surface area contributed by atoms with E-state index in [0.717, 1.165) is 19.4 Å². The topological polar surface area (TPSA) is 78.7 Å². The first-order valence-electron chi connectivity index (χ1n) is 6.47. The third kappa shape index (κ3) is 2.05. The van der Waals surface area contributed by atoms with Crippen molar-refractivity contribution in [2.24, 2.45) is 0 Å². The highest BCUT2D eigenvalue weighted by Crippen LogP contribution is 2.20. The van der Waals surface area contributed by atoms with Crippen molar-refractivity contribution >= 4 is 12.0 Å². The van der Waals surface area contributed by atoms with Crippen LogP contribution >= 0.6 is 0 Å². The van der Waals surface area contributed by atoms with Crippen molar-refractivity contribution in [1.29, 1.82) is 0 Å². The predicted octanol–water partition coefficient (Wildman–Crippen LogP) is 0.481. The molecule has 1 fully saturated rings. The number of hydrogen-bond donors (Lipinski definition) is 1. The molecule has 102 valence electrons. The second kappa shape index (κ2) is 4.56. The largest absolute Gasteiger partial charge is 0.465 e. The van der Waals surface area contributed by atoms with Crippen LogP contribution in [-0.2, 0) is 6.54 Å². The molecule has 0 saturated carbocycles. The van der Waals surface area contributed by atoms with Gasteiger partial charge in [0.25, 0.3) is 5.91 Å². The Kier molecular flexibility index (Phi) is 2.88. The molecule has 1 aromatic rings. The van der Waals surface area contributed by atoms with Crippen LogP contribution < -0.4 is 0 Å². The number of carbonyl (C=O) groups is 2. The van der Waals surface area contributed by atoms with Crippen molar-refractivity contribution in [2.45, 2.75) is 25.4 Å². The second-order valence-electron chi connectivity index (χ2n) is 4.97. The molecular formula is C12H16N4O3. The quantitative estimate of drug-likeness (QED) is 0.800. The van der Waals surface area contributed by atoms with Gasteiger partial charge in [0.2, 0.25) is 0 Å². The van der Waals surface area contributed by atoms with E-state index >= 15 is 0 Å². The van der Waals surface area contributed by atoms with Gasteiger partial charge in [-0.1, -0.05) is 0 Å². The molecule has 1 unspecified atom stereocenters. The molecule has 7 nitrogen and oxygen atoms in total. The monoisotopic (exact) mass is 264 g/mol. The number of carbonyl (C=O) groups excluding carboxylic acids is 1. The van der Waals surface area contributed by atoms with Crippen LogP contribution in [0.25, 0.3) is 0 Å². The first kappa shape index (κ1) is 12.0. The van der Waals surface area contributed by atoms with E-state index in [1.165, 1.54) is 4.90 Å². The Balaban J connectivity index is 1.76. The van der Waals surface area contributed by atoms with Crippen LogP contribution in [-0.4, -0.2) is 62.1 Å². The summed E-state index contributed by atoms with van der Waals surface area (Å²) in [5.41, 5.74) is 0. The van der Waals surface area contributed by atoms with Crippen molar-refractivity contribution in [2.75, 3.05) is 19.6 Å². The maximum atomic E-state index is 12.3. The number of imidazole rings is 1. The molecule has 1 atom stereocenters. The van der Waals surface area contributed by atoms with Crippen LogP contribution in [0.15, 0.2) is 12.4 Å². The minimum Gasteiger partial charge on any atom is -0.465 e. The molecular weight excluding hydrogens is 248 g/mol. The van der Waals surface area contributed by atoms with Crippen LogP contribution in [0.3, 0.4) is 0 Å². The van der Waals surface area contributed by atoms with Crippen LogP contribution in [0.5, 0.6) is 0 Å². The number of rotatable bonds is 1. The minimum atomic E-state index is -0.907. The van der Waals surface area contributed by atoms with Crippen LogP contribution in [0.1, 0.15) is 23.5 Å². The van der Waals surface area contributed by atoms with Crippen molar-refractivity contribution in [3.8, 4) is 0 Å². The molecule has 7 heteroatoms. The Hall–Kier alpha value is -2.05. The molecule has 2 aliphatic rings. The van der Waals surface area contributed by atoms with Gasteiger partial charge in [0.1, 0.15) is 0 Å². The molecule has 0 aliphatic carbocycles. The van der Waals surface area contributed by atoms with E-state index in [0.29, 0.717) is 25.5 Å². The maximum Gasteiger partial charge on any atom is 0.407 e. The number of likely N-dealkylation sites (tertiary alicyclic amines) is 1. The van der Waals surface area contributed by atoms with E-state index in [1.54, 1.807) is 17.3 Å². The zero-order valence-corrected chi connectivity index (χ0v) is 10.5. The molecule has 3 rings (SSSR count). The molecule has 2 aliphatic heterocycles. The van der Waals surface area contributed by atoms with E-state index in [1.807, 2.05) is 4.57 Å². The van der Waals surface area contributed by atoms with Crippen molar-refractivity contribution in [3.05, 3.63) is 18.2 Å². The van der Waals surface area contributed by atoms with Gasteiger partial charge in [-0.05, 0) is 12.8 Å². The molecule has 1 N–H and O–H groups in total. The highest BCUT2D eigenvalue weighted by Gasteiger charge is 2.34. The summed E-state index contributed by atoms with van der Waals surface area (Å²) in [4.78, 5) is 30.6. The fraction of sp³-hybridized carbons (Fsp3) is 0.583. The van der Waals surface area contributed by atoms with Gasteiger partial charge < -0.3 is 19.5 Å². The third-order valence-electron chi connectivity index (χ3n) is 3.86. The number of amides is 2. The fourth-order valence-electron chi connectivity index (χ4n) is 2.86. The Morgan fingerprint density at radius 2 is 2.21 bits per heavy atom. The summed E-state index contributed by atoms with van der Waals surface area (Å²) in [6.07, 6.45) is 4.18. The number of carboxylic acid groups (broad SMARTS) is 1. The van der Waals surface area contributed by atoms with Crippen LogP contribution in [0.4, 0.5) is 4.79 Å². The molecule has 2 amide bonds. The summed E-state index contributed by atoms with van der Waals surface area (Å²) in [7, 11) is 0. The molecule has 0 radical (unpaired) electrons. The lowest BCUT2D eigenvalue weighted by Gasteiger charge is -2.39. The molecule has 0 bridgehead atoms. The van der Waals surface area contributed by atoms with Gasteiger partial charge in [-0.3, -0.25) is 4.79 Å². The smallest absolute Gasteiger partial charge is 0.407 e. The first-order chi connectivity index (χ1) is 9.16. The van der Waals surface area contributed by atoms with E-state index in [2.05, 4.69) is 4.98 Å². The molecule has 19 heavy (non-hydrogen) atoms. The van der Waals surface area contributed by atoms with Gasteiger partial charge in [-0.2, -0.15) is 0 Å². The molecule has 1 aromatic heterocycles. The number of fused-ring (bicyclic) bond motifs is 1. The van der Waals surface area contributed by atoms with Gasteiger partial charge in [0.15, 0.2) is 5.82 Å². The summed E-state index contributed by atoms with van der Waals surface area (Å²) in [5.74, 6) is 0.368. The molecule has 0 aromatic carbocycles. The van der Waals surface area contributed by atoms with E-state index in [9.17, 15) is 9.59 Å². The Bertz CT molecular complexity index is 513. The third-order valence-corrected chi connectivity index (χ3v) is 3.86. The molecule has 1 saturated heterocycles. The summed E-state index contributed by atoms with van der Waals surface area (Å²) in [5, 5.41) is 9.05. The fourth-order valence-corrected chi connectivity index (χ4v) is 2.86. The second-order valence-corrected chi connectivity index (χ2v) is 4.97. The van der Waals surface area contributed by atoms with Gasteiger partial charge in [0, 0.05) is 44.6 Å². The van der Waals surface area contributed by atoms with Gasteiger partial charge in [0.05, 0.1) is 0 Å². The number of nitrogens with zero attached hydrogens (tertiary/aromatic N) is 4. The van der Waals surface area contributed by atoms with Gasteiger partial charge in [-0.15, -0.1) is 0 Å². The van der Waals surface area contributed by atoms with Crippen LogP contribution in [0, 0.1) is 0 Å². The first-order valence-corrected chi connectivity index (χ1v) is 6.47. The Labute approximate surface area is 110 Å². The minimum absolute atomic E-state index is 0.0252. The lowest BCUT2D eigenvalue weighted by Crippen LogP contribution is -2.54. The highest BCUT2D eigenvalue weighted by molar-refractivity contribution is 5.91. The lowest BCUT2D eigenvalue weighted by atomic mass is 10.0. The van der Waals surface area contributed by atoms with Crippen molar-refractivity contribution in [3.63, 3.8) is 0 Å². The van der Waals surface area contributed by atoms with Gasteiger partial charge in [-0.25, -0.2) is 9.78 Å². The number of aromatic nitrogens is 2. The number of piperidine rings is 1. The van der Waals surface area contributed by atoms with Crippen molar-refractivity contribution < 1.29 is 14.7 Å². The lowest BCUT2D eigenvalue weighted by molar-refractivity contribution is 0.0468. The maximum absolute atomic E-state index is 12.3. The predicted molar refractivity (Wildman–Crippen MR) is 65.9 cm³/mol. The normalized spacial score (nSPS) is 23.4. The highest BCUT2D eigenvalue weighted by atomic mass is 16.4. The number of hydrogen-bond acceptors (Lipinski definition) is 3. The molecule has 3 heterocycles. The summed E-state index contributed by atoms with van der Waals surface area (Å²) < 4.78 is 1.84. The zero-order chi connectivity index (χ0) is 13.4. The SMILES string of the molecule is O=C(O)N1CCCC(N2CCn3ccnc3C2=O)C1. The van der Waals surface area contributed by atoms with Crippen LogP contribution in [0.2, 0.25) is 0 Å². The Morgan fingerprint density at radius 3 is 3.00 bits per heavy atom. The van der Waals surface area contributed by atoms with E-state index in [4.69, 9.17) is 5.11 Å². The summed E-state index contributed by atoms with van der Waals surface area (Å²) >= 11 is 0. The standard InChI is InChI=1S/C12H16N4O3/c17-11-10-13-3-5-14(10)6-7-16(11)9-2-1-4-15(8-9)12(18)19/h3,5,9H,1-2,4,6-8H2,(H,18,19). The van der Waals surface area contributed by atoms with E-state index < -0.39 is 6.09 Å². The van der Waals surface area contributed by atoms with Gasteiger partial charge >= 0.3 is 6.09 Å². The summed E-state index contributed by atoms with van der Waals surface area (Å²) in [6.45, 7) is 2.31. The van der Waals surface area contributed by atoms with Crippen molar-refractivity contribution in [1.82, 2.24) is 19.4 Å². The molecule has 0 spiro atoms. The Morgan fingerprint density at radius 1 is 1.37 bits per heavy atom. The summed E-state index contributed by atoms with van der Waals surface area (Å²) in [6, 6.07) is -0.0252. The average molecular weight is 264 g/mol. The zero-order valence-electron chi connectivity index (χ0n) is 10.5. The average Bonchev–Trinajstić information content (AvgIpc) is 2.88. The van der Waals surface area contributed by atoms with E-state index in [-0.39, 0.29) is 11.9 Å².